The molecule has 1 aliphatic rings. The van der Waals surface area contributed by atoms with Crippen LogP contribution in [0.3, 0.4) is 0 Å². The molecule has 2 aromatic carbocycles. The summed E-state index contributed by atoms with van der Waals surface area (Å²) in [5.74, 6) is -0.454. The lowest BCUT2D eigenvalue weighted by atomic mass is 10.1. The van der Waals surface area contributed by atoms with Crippen molar-refractivity contribution in [3.05, 3.63) is 76.1 Å². The summed E-state index contributed by atoms with van der Waals surface area (Å²) < 4.78 is 38.3. The molecule has 0 bridgehead atoms. The van der Waals surface area contributed by atoms with Crippen LogP contribution in [0.5, 0.6) is 5.75 Å². The number of urea groups is 1. The number of anilines is 1. The van der Waals surface area contributed by atoms with Gasteiger partial charge in [-0.3, -0.25) is 4.79 Å². The maximum atomic E-state index is 13.5. The van der Waals surface area contributed by atoms with Gasteiger partial charge in [-0.2, -0.15) is 4.31 Å². The molecule has 2 N–H and O–H groups in total. The van der Waals surface area contributed by atoms with Gasteiger partial charge < -0.3 is 25.0 Å². The summed E-state index contributed by atoms with van der Waals surface area (Å²) in [5, 5.41) is 5.51. The minimum Gasteiger partial charge on any atom is -0.497 e. The lowest BCUT2D eigenvalue weighted by Gasteiger charge is -2.39. The van der Waals surface area contributed by atoms with E-state index >= 15 is 0 Å². The number of halogens is 1. The Hall–Kier alpha value is -3.65. The molecule has 40 heavy (non-hydrogen) atoms. The second-order valence-electron chi connectivity index (χ2n) is 8.70. The molecule has 3 amide bonds. The van der Waals surface area contributed by atoms with Gasteiger partial charge in [0.25, 0.3) is 10.0 Å². The van der Waals surface area contributed by atoms with Crippen LogP contribution in [0.4, 0.5) is 10.5 Å². The molecule has 1 unspecified atom stereocenters. The SMILES string of the molecule is COC(=O)c1ccc(NC(=O)N2CCN(S(=O)(=O)c3ccc(Cl)s3)C(C(=O)NCc3cccc(OC)c3)C2)cc1. The van der Waals surface area contributed by atoms with E-state index in [1.54, 1.807) is 36.4 Å². The topological polar surface area (TPSA) is 134 Å². The van der Waals surface area contributed by atoms with E-state index in [1.807, 2.05) is 0 Å². The van der Waals surface area contributed by atoms with Gasteiger partial charge in [-0.1, -0.05) is 23.7 Å². The van der Waals surface area contributed by atoms with Crippen molar-refractivity contribution in [1.82, 2.24) is 14.5 Å². The van der Waals surface area contributed by atoms with Gasteiger partial charge in [-0.25, -0.2) is 18.0 Å². The van der Waals surface area contributed by atoms with Crippen LogP contribution >= 0.6 is 22.9 Å². The number of methoxy groups -OCH3 is 2. The molecule has 1 fully saturated rings. The monoisotopic (exact) mass is 606 g/mol. The minimum absolute atomic E-state index is 0.00620. The standard InChI is InChI=1S/C26H27ClN4O7S2/c1-37-20-5-3-4-17(14-20)15-28-24(32)21-16-30(12-13-31(21)40(35,36)23-11-10-22(27)39-23)26(34)29-19-8-6-18(7-9-19)25(33)38-2/h3-11,14,21H,12-13,15-16H2,1-2H3,(H,28,32)(H,29,34). The summed E-state index contributed by atoms with van der Waals surface area (Å²) >= 11 is 6.88. The number of piperazine rings is 1. The van der Waals surface area contributed by atoms with Crippen LogP contribution in [-0.4, -0.2) is 75.4 Å². The average Bonchev–Trinajstić information content (AvgIpc) is 3.42. The molecule has 0 aliphatic carbocycles. The van der Waals surface area contributed by atoms with Gasteiger partial charge in [-0.05, 0) is 54.1 Å². The summed E-state index contributed by atoms with van der Waals surface area (Å²) in [4.78, 5) is 39.5. The molecular weight excluding hydrogens is 580 g/mol. The molecule has 0 spiro atoms. The Morgan fingerprint density at radius 3 is 2.45 bits per heavy atom. The van der Waals surface area contributed by atoms with E-state index in [-0.39, 0.29) is 30.4 Å². The van der Waals surface area contributed by atoms with Crippen LogP contribution in [0.15, 0.2) is 64.9 Å². The number of thiophene rings is 1. The predicted molar refractivity (Wildman–Crippen MR) is 150 cm³/mol. The number of nitrogens with one attached hydrogen (secondary N) is 2. The van der Waals surface area contributed by atoms with Gasteiger partial charge >= 0.3 is 12.0 Å². The Balaban J connectivity index is 1.52. The van der Waals surface area contributed by atoms with E-state index in [0.29, 0.717) is 21.3 Å². The molecule has 14 heteroatoms. The Bertz CT molecular complexity index is 1490. The Morgan fingerprint density at radius 1 is 1.05 bits per heavy atom. The molecule has 4 rings (SSSR count). The van der Waals surface area contributed by atoms with E-state index in [1.165, 1.54) is 43.4 Å². The molecule has 1 aliphatic heterocycles. The Labute approximate surface area is 240 Å². The summed E-state index contributed by atoms with van der Waals surface area (Å²) in [6.07, 6.45) is 0. The second kappa shape index (κ2) is 12.7. The summed E-state index contributed by atoms with van der Waals surface area (Å²) in [6, 6.07) is 14.4. The van der Waals surface area contributed by atoms with Crippen molar-refractivity contribution >= 4 is 56.6 Å². The zero-order valence-electron chi connectivity index (χ0n) is 21.6. The van der Waals surface area contributed by atoms with Crippen LogP contribution in [0, 0.1) is 0 Å². The highest BCUT2D eigenvalue weighted by Gasteiger charge is 2.42. The van der Waals surface area contributed by atoms with Gasteiger partial charge in [-0.15, -0.1) is 11.3 Å². The maximum absolute atomic E-state index is 13.5. The number of amides is 3. The van der Waals surface area contributed by atoms with E-state index < -0.39 is 34.0 Å². The third-order valence-electron chi connectivity index (χ3n) is 6.19. The molecule has 212 valence electrons. The molecule has 3 aromatic rings. The number of esters is 1. The molecule has 1 saturated heterocycles. The van der Waals surface area contributed by atoms with Crippen LogP contribution in [0.25, 0.3) is 0 Å². The fourth-order valence-electron chi connectivity index (χ4n) is 4.10. The second-order valence-corrected chi connectivity index (χ2v) is 12.5. The molecule has 11 nitrogen and oxygen atoms in total. The van der Waals surface area contributed by atoms with Crippen molar-refractivity contribution in [2.24, 2.45) is 0 Å². The Kier molecular flexibility index (Phi) is 9.30. The molecule has 1 aromatic heterocycles. The first-order valence-electron chi connectivity index (χ1n) is 12.0. The number of sulfonamides is 1. The van der Waals surface area contributed by atoms with Crippen LogP contribution in [-0.2, 0) is 26.1 Å². The van der Waals surface area contributed by atoms with Crippen molar-refractivity contribution in [2.45, 2.75) is 16.8 Å². The largest absolute Gasteiger partial charge is 0.497 e. The summed E-state index contributed by atoms with van der Waals surface area (Å²) in [7, 11) is -1.26. The fraction of sp³-hybridized carbons (Fsp3) is 0.269. The first kappa shape index (κ1) is 29.3. The van der Waals surface area contributed by atoms with Gasteiger partial charge in [0.1, 0.15) is 16.0 Å². The predicted octanol–water partition coefficient (Wildman–Crippen LogP) is 3.42. The quantitative estimate of drug-likeness (QED) is 0.375. The maximum Gasteiger partial charge on any atom is 0.337 e. The minimum atomic E-state index is -4.07. The number of carbonyl (C=O) groups excluding carboxylic acids is 3. The van der Waals surface area contributed by atoms with Crippen LogP contribution in [0.2, 0.25) is 4.34 Å². The van der Waals surface area contributed by atoms with E-state index in [0.717, 1.165) is 21.2 Å². The number of hydrogen-bond donors (Lipinski definition) is 2. The molecular formula is C26H27ClN4O7S2. The third-order valence-corrected chi connectivity index (χ3v) is 9.80. The zero-order chi connectivity index (χ0) is 28.9. The van der Waals surface area contributed by atoms with Crippen molar-refractivity contribution in [2.75, 3.05) is 39.2 Å². The van der Waals surface area contributed by atoms with Crippen molar-refractivity contribution < 1.29 is 32.3 Å². The van der Waals surface area contributed by atoms with Crippen molar-refractivity contribution in [1.29, 1.82) is 0 Å². The van der Waals surface area contributed by atoms with Gasteiger partial charge in [0, 0.05) is 31.9 Å². The summed E-state index contributed by atoms with van der Waals surface area (Å²) in [5.41, 5.74) is 1.49. The number of rotatable bonds is 8. The number of benzene rings is 2. The van der Waals surface area contributed by atoms with Gasteiger partial charge in [0.2, 0.25) is 5.91 Å². The number of hydrogen-bond acceptors (Lipinski definition) is 8. The Morgan fingerprint density at radius 2 is 1.80 bits per heavy atom. The first-order chi connectivity index (χ1) is 19.1. The van der Waals surface area contributed by atoms with Crippen molar-refractivity contribution in [3.63, 3.8) is 0 Å². The fourth-order valence-corrected chi connectivity index (χ4v) is 7.29. The van der Waals surface area contributed by atoms with Gasteiger partial charge in [0.15, 0.2) is 0 Å². The number of ether oxygens (including phenoxy) is 2. The first-order valence-corrected chi connectivity index (χ1v) is 14.7. The van der Waals surface area contributed by atoms with E-state index in [4.69, 9.17) is 16.3 Å². The summed E-state index contributed by atoms with van der Waals surface area (Å²) in [6.45, 7) is -0.119. The molecule has 0 radical (unpaired) electrons. The van der Waals surface area contributed by atoms with Crippen molar-refractivity contribution in [3.8, 4) is 5.75 Å². The normalized spacial score (nSPS) is 15.8. The lowest BCUT2D eigenvalue weighted by Crippen LogP contribution is -2.61. The lowest BCUT2D eigenvalue weighted by molar-refractivity contribution is -0.126. The highest BCUT2D eigenvalue weighted by atomic mass is 35.5. The smallest absolute Gasteiger partial charge is 0.337 e. The van der Waals surface area contributed by atoms with Crippen LogP contribution < -0.4 is 15.4 Å². The van der Waals surface area contributed by atoms with Crippen LogP contribution in [0.1, 0.15) is 15.9 Å². The highest BCUT2D eigenvalue weighted by molar-refractivity contribution is 7.91. The number of nitrogens with zero attached hydrogens (tertiary/aromatic N) is 2. The van der Waals surface area contributed by atoms with E-state index in [9.17, 15) is 22.8 Å². The highest BCUT2D eigenvalue weighted by Crippen LogP contribution is 2.30. The molecule has 1 atom stereocenters. The third kappa shape index (κ3) is 6.73. The zero-order valence-corrected chi connectivity index (χ0v) is 24.0. The molecule has 0 saturated carbocycles. The average molecular weight is 607 g/mol. The van der Waals surface area contributed by atoms with E-state index in [2.05, 4.69) is 15.4 Å². The molecule has 2 heterocycles. The number of carbonyl (C=O) groups is 3. The van der Waals surface area contributed by atoms with Gasteiger partial charge in [0.05, 0.1) is 24.1 Å².